The molecule has 0 radical (unpaired) electrons. The number of para-hydroxylation sites is 1. The number of hydrogen-bond donors (Lipinski definition) is 4. The lowest BCUT2D eigenvalue weighted by molar-refractivity contribution is -0.140. The van der Waals surface area contributed by atoms with E-state index in [1.807, 2.05) is 68.4 Å². The number of hydrogen-bond acceptors (Lipinski definition) is 5. The van der Waals surface area contributed by atoms with Crippen LogP contribution in [0.3, 0.4) is 0 Å². The number of carboxylic acid groups (broad SMARTS) is 1. The van der Waals surface area contributed by atoms with Gasteiger partial charge in [0.15, 0.2) is 0 Å². The molecule has 3 rings (SSSR count). The summed E-state index contributed by atoms with van der Waals surface area (Å²) in [5, 5.41) is 16.6. The van der Waals surface area contributed by atoms with Gasteiger partial charge in [-0.15, -0.1) is 0 Å². The predicted molar refractivity (Wildman–Crippen MR) is 142 cm³/mol. The second-order valence-corrected chi connectivity index (χ2v) is 8.45. The maximum Gasteiger partial charge on any atom is 0.323 e. The summed E-state index contributed by atoms with van der Waals surface area (Å²) in [6, 6.07) is 20.8. The fraction of sp³-hybridized carbons (Fsp3) is 0.250. The number of anilines is 2. The molecule has 0 aliphatic rings. The van der Waals surface area contributed by atoms with Crippen LogP contribution < -0.4 is 20.8 Å². The minimum Gasteiger partial charge on any atom is -0.495 e. The summed E-state index contributed by atoms with van der Waals surface area (Å²) < 4.78 is 5.43. The van der Waals surface area contributed by atoms with Crippen LogP contribution in [0, 0.1) is 6.92 Å². The quantitative estimate of drug-likeness (QED) is 0.280. The van der Waals surface area contributed by atoms with Crippen LogP contribution in [-0.4, -0.2) is 41.7 Å². The monoisotopic (exact) mass is 504 g/mol. The van der Waals surface area contributed by atoms with E-state index in [1.165, 1.54) is 7.11 Å². The molecule has 9 nitrogen and oxygen atoms in total. The fourth-order valence-corrected chi connectivity index (χ4v) is 3.95. The summed E-state index contributed by atoms with van der Waals surface area (Å²) in [6.45, 7) is 4.17. The first-order valence-corrected chi connectivity index (χ1v) is 11.9. The van der Waals surface area contributed by atoms with E-state index in [2.05, 4.69) is 16.1 Å². The van der Waals surface area contributed by atoms with Crippen LogP contribution >= 0.6 is 0 Å². The Bertz CT molecular complexity index is 1230. The van der Waals surface area contributed by atoms with Crippen molar-refractivity contribution in [1.29, 1.82) is 0 Å². The number of nitrogens with zero attached hydrogens (tertiary/aromatic N) is 1. The number of carbonyl (C=O) groups excluding carboxylic acids is 2. The molecule has 0 fully saturated rings. The van der Waals surface area contributed by atoms with E-state index in [4.69, 9.17) is 4.74 Å². The minimum atomic E-state index is -0.958. The van der Waals surface area contributed by atoms with Gasteiger partial charge in [0.2, 0.25) is 5.91 Å². The third-order valence-corrected chi connectivity index (χ3v) is 5.81. The zero-order chi connectivity index (χ0) is 26.8. The van der Waals surface area contributed by atoms with Crippen LogP contribution in [0.2, 0.25) is 0 Å². The van der Waals surface area contributed by atoms with E-state index < -0.39 is 18.0 Å². The Labute approximate surface area is 216 Å². The molecule has 0 aliphatic heterocycles. The highest BCUT2D eigenvalue weighted by Crippen LogP contribution is 2.27. The van der Waals surface area contributed by atoms with E-state index in [9.17, 15) is 19.5 Å². The summed E-state index contributed by atoms with van der Waals surface area (Å²) in [5.41, 5.74) is 6.41. The lowest BCUT2D eigenvalue weighted by Crippen LogP contribution is -2.45. The van der Waals surface area contributed by atoms with Gasteiger partial charge in [-0.3, -0.25) is 15.0 Å². The maximum absolute atomic E-state index is 12.9. The van der Waals surface area contributed by atoms with E-state index in [0.29, 0.717) is 29.2 Å². The maximum atomic E-state index is 12.9. The third kappa shape index (κ3) is 7.81. The Balaban J connectivity index is 1.67. The SMILES string of the molecule is CCN(NC(=O)Cc1ccc(NC(=O)Nc2ccccc2C)c(OC)c1)C(CC(=O)O)c1ccccc1. The van der Waals surface area contributed by atoms with Crippen molar-refractivity contribution in [1.82, 2.24) is 10.4 Å². The second-order valence-electron chi connectivity index (χ2n) is 8.45. The smallest absolute Gasteiger partial charge is 0.323 e. The Morgan fingerprint density at radius 1 is 0.946 bits per heavy atom. The van der Waals surface area contributed by atoms with Crippen LogP contribution in [0.4, 0.5) is 16.2 Å². The number of nitrogens with one attached hydrogen (secondary N) is 3. The molecule has 37 heavy (non-hydrogen) atoms. The molecule has 0 saturated heterocycles. The summed E-state index contributed by atoms with van der Waals surface area (Å²) >= 11 is 0. The molecule has 0 heterocycles. The zero-order valence-corrected chi connectivity index (χ0v) is 21.2. The van der Waals surface area contributed by atoms with Crippen LogP contribution in [0.1, 0.15) is 36.1 Å². The van der Waals surface area contributed by atoms with Gasteiger partial charge in [-0.2, -0.15) is 0 Å². The fourth-order valence-electron chi connectivity index (χ4n) is 3.95. The first-order chi connectivity index (χ1) is 17.8. The van der Waals surface area contributed by atoms with E-state index in [0.717, 1.165) is 11.1 Å². The zero-order valence-electron chi connectivity index (χ0n) is 21.2. The Morgan fingerprint density at radius 3 is 2.27 bits per heavy atom. The number of carbonyl (C=O) groups is 3. The van der Waals surface area contributed by atoms with Crippen molar-refractivity contribution >= 4 is 29.3 Å². The standard InChI is InChI=1S/C28H32N4O5/c1-4-32(24(18-27(34)35)21-11-6-5-7-12-21)31-26(33)17-20-14-15-23(25(16-20)37-3)30-28(36)29-22-13-9-8-10-19(22)2/h5-16,24H,4,17-18H2,1-3H3,(H,31,33)(H,34,35)(H2,29,30,36). The summed E-state index contributed by atoms with van der Waals surface area (Å²) in [4.78, 5) is 36.9. The molecule has 3 aromatic rings. The normalized spacial score (nSPS) is 11.5. The molecule has 1 unspecified atom stereocenters. The molecule has 3 amide bonds. The molecule has 0 aromatic heterocycles. The molecule has 0 aliphatic carbocycles. The van der Waals surface area contributed by atoms with Gasteiger partial charge in [-0.25, -0.2) is 9.80 Å². The first kappa shape index (κ1) is 27.2. The van der Waals surface area contributed by atoms with Gasteiger partial charge in [0.1, 0.15) is 5.75 Å². The molecule has 0 spiro atoms. The summed E-state index contributed by atoms with van der Waals surface area (Å²) in [6.07, 6.45) is -0.117. The number of methoxy groups -OCH3 is 1. The molecule has 9 heteroatoms. The van der Waals surface area contributed by atoms with Crippen molar-refractivity contribution in [3.8, 4) is 5.75 Å². The Hall–Kier alpha value is -4.37. The Morgan fingerprint density at radius 2 is 1.62 bits per heavy atom. The second kappa shape index (κ2) is 13.1. The van der Waals surface area contributed by atoms with Crippen molar-refractivity contribution in [3.63, 3.8) is 0 Å². The van der Waals surface area contributed by atoms with Gasteiger partial charge in [-0.05, 0) is 41.8 Å². The molecule has 194 valence electrons. The minimum absolute atomic E-state index is 0.0388. The highest BCUT2D eigenvalue weighted by Gasteiger charge is 2.24. The highest BCUT2D eigenvalue weighted by molar-refractivity contribution is 6.01. The number of urea groups is 1. The van der Waals surface area contributed by atoms with Crippen molar-refractivity contribution in [2.24, 2.45) is 0 Å². The number of aryl methyl sites for hydroxylation is 1. The summed E-state index contributed by atoms with van der Waals surface area (Å²) in [7, 11) is 1.48. The summed E-state index contributed by atoms with van der Waals surface area (Å²) in [5.74, 6) is -0.848. The number of hydrazine groups is 1. The largest absolute Gasteiger partial charge is 0.495 e. The number of carboxylic acids is 1. The van der Waals surface area contributed by atoms with Gasteiger partial charge in [0.05, 0.1) is 31.7 Å². The van der Waals surface area contributed by atoms with Crippen molar-refractivity contribution in [2.75, 3.05) is 24.3 Å². The number of aliphatic carboxylic acids is 1. The van der Waals surface area contributed by atoms with Crippen molar-refractivity contribution in [3.05, 3.63) is 89.5 Å². The van der Waals surface area contributed by atoms with Crippen LogP contribution in [0.5, 0.6) is 5.75 Å². The molecule has 4 N–H and O–H groups in total. The third-order valence-electron chi connectivity index (χ3n) is 5.81. The van der Waals surface area contributed by atoms with E-state index in [1.54, 1.807) is 23.2 Å². The number of ether oxygens (including phenoxy) is 1. The lowest BCUT2D eigenvalue weighted by atomic mass is 10.0. The van der Waals surface area contributed by atoms with Gasteiger partial charge in [0, 0.05) is 12.2 Å². The molecule has 0 saturated carbocycles. The molecular weight excluding hydrogens is 472 g/mol. The van der Waals surface area contributed by atoms with Crippen LogP contribution in [0.25, 0.3) is 0 Å². The topological polar surface area (TPSA) is 120 Å². The van der Waals surface area contributed by atoms with Gasteiger partial charge in [0.25, 0.3) is 0 Å². The van der Waals surface area contributed by atoms with Crippen LogP contribution in [0.15, 0.2) is 72.8 Å². The number of rotatable bonds is 11. The average molecular weight is 505 g/mol. The number of amides is 3. The van der Waals surface area contributed by atoms with Crippen molar-refractivity contribution < 1.29 is 24.2 Å². The predicted octanol–water partition coefficient (Wildman–Crippen LogP) is 4.76. The number of benzene rings is 3. The van der Waals surface area contributed by atoms with Gasteiger partial charge < -0.3 is 20.5 Å². The molecular formula is C28H32N4O5. The highest BCUT2D eigenvalue weighted by atomic mass is 16.5. The van der Waals surface area contributed by atoms with E-state index in [-0.39, 0.29) is 18.7 Å². The lowest BCUT2D eigenvalue weighted by Gasteiger charge is -2.30. The van der Waals surface area contributed by atoms with Gasteiger partial charge in [-0.1, -0.05) is 61.5 Å². The molecule has 3 aromatic carbocycles. The average Bonchev–Trinajstić information content (AvgIpc) is 2.88. The van der Waals surface area contributed by atoms with Gasteiger partial charge >= 0.3 is 12.0 Å². The Kier molecular flexibility index (Phi) is 9.62. The van der Waals surface area contributed by atoms with E-state index >= 15 is 0 Å². The molecule has 0 bridgehead atoms. The van der Waals surface area contributed by atoms with Crippen molar-refractivity contribution in [2.45, 2.75) is 32.7 Å². The molecule has 1 atom stereocenters. The van der Waals surface area contributed by atoms with Crippen LogP contribution in [-0.2, 0) is 16.0 Å². The first-order valence-electron chi connectivity index (χ1n) is 11.9.